The van der Waals surface area contributed by atoms with Crippen LogP contribution in [0, 0.1) is 0 Å². The van der Waals surface area contributed by atoms with Crippen molar-refractivity contribution in [3.05, 3.63) is 50.1 Å². The first kappa shape index (κ1) is 33.0. The Bertz CT molecular complexity index is 868. The normalized spacial score (nSPS) is 22.3. The first-order valence-corrected chi connectivity index (χ1v) is 14.8. The van der Waals surface area contributed by atoms with E-state index in [0.29, 0.717) is 0 Å². The van der Waals surface area contributed by atoms with Gasteiger partial charge in [0.1, 0.15) is 12.4 Å². The molecule has 0 spiro atoms. The van der Waals surface area contributed by atoms with Crippen molar-refractivity contribution in [1.82, 2.24) is 0 Å². The molecule has 2 rings (SSSR count). The van der Waals surface area contributed by atoms with E-state index in [1.807, 2.05) is 12.4 Å². The van der Waals surface area contributed by atoms with Gasteiger partial charge in [-0.2, -0.15) is 0 Å². The Morgan fingerprint density at radius 3 is 1.26 bits per heavy atom. The van der Waals surface area contributed by atoms with Gasteiger partial charge in [0.15, 0.2) is 12.7 Å². The maximum atomic E-state index is 9.60. The zero-order valence-corrected chi connectivity index (χ0v) is 22.5. The highest BCUT2D eigenvalue weighted by atomic mass is 32.2. The summed E-state index contributed by atoms with van der Waals surface area (Å²) < 4.78 is 59.5. The van der Waals surface area contributed by atoms with Crippen molar-refractivity contribution in [2.45, 2.75) is 46.0 Å². The lowest BCUT2D eigenvalue weighted by Crippen LogP contribution is -2.46. The first-order valence-electron chi connectivity index (χ1n) is 11.6. The summed E-state index contributed by atoms with van der Waals surface area (Å²) in [4.78, 5) is 8.66. The Morgan fingerprint density at radius 2 is 1.06 bits per heavy atom. The summed E-state index contributed by atoms with van der Waals surface area (Å²) in [5.74, 6) is -0.958. The van der Waals surface area contributed by atoms with Gasteiger partial charge in [0, 0.05) is 6.42 Å². The second-order valence-corrected chi connectivity index (χ2v) is 11.2. The highest BCUT2D eigenvalue weighted by Gasteiger charge is 2.29. The molecule has 0 aliphatic carbocycles. The topological polar surface area (TPSA) is 139 Å². The molecule has 0 saturated heterocycles. The number of aliphatic imine (C=N–C) groups is 2. The predicted molar refractivity (Wildman–Crippen MR) is 139 cm³/mol. The number of hydrogen-bond acceptors (Lipinski definition) is 8. The van der Waals surface area contributed by atoms with Gasteiger partial charge in [-0.05, 0) is 12.8 Å². The van der Waals surface area contributed by atoms with Crippen molar-refractivity contribution in [2.24, 2.45) is 9.98 Å². The first-order chi connectivity index (χ1) is 16.4. The van der Waals surface area contributed by atoms with Gasteiger partial charge in [-0.3, -0.25) is 8.97 Å². The number of nitrogens with zero attached hydrogens (tertiary/aromatic N) is 4. The van der Waals surface area contributed by atoms with Gasteiger partial charge >= 0.3 is 0 Å². The monoisotopic (exact) mass is 532 g/mol. The van der Waals surface area contributed by atoms with Gasteiger partial charge in [-0.1, -0.05) is 38.8 Å². The van der Waals surface area contributed by atoms with Crippen LogP contribution in [0.15, 0.2) is 60.1 Å². The van der Waals surface area contributed by atoms with Crippen molar-refractivity contribution >= 4 is 32.9 Å². The minimum atomic E-state index is -4.04. The molecule has 0 radical (unpaired) electrons. The number of unbranched alkanes of at least 4 members (excludes halogenated alkanes) is 2. The highest BCUT2D eigenvalue weighted by Crippen LogP contribution is 2.18. The summed E-state index contributed by atoms with van der Waals surface area (Å²) in [6, 6.07) is 0. The molecule has 0 aromatic rings. The molecule has 2 unspecified atom stereocenters. The zero-order chi connectivity index (χ0) is 26.8. The quantitative estimate of drug-likeness (QED) is 0.191. The average molecular weight is 533 g/mol. The van der Waals surface area contributed by atoms with E-state index in [2.05, 4.69) is 62.1 Å². The Balaban J connectivity index is 0.000000680. The summed E-state index contributed by atoms with van der Waals surface area (Å²) in [6.07, 6.45) is 20.9. The molecular weight excluding hydrogens is 492 g/mol. The van der Waals surface area contributed by atoms with Gasteiger partial charge in [0.05, 0.1) is 70.3 Å². The molecule has 35 heavy (non-hydrogen) atoms. The van der Waals surface area contributed by atoms with Crippen LogP contribution in [-0.2, 0) is 20.2 Å². The van der Waals surface area contributed by atoms with E-state index in [0.717, 1.165) is 34.2 Å². The third-order valence-electron chi connectivity index (χ3n) is 5.14. The molecule has 0 aromatic carbocycles. The molecule has 0 aromatic heterocycles. The largest absolute Gasteiger partial charge is 0.748 e. The minimum absolute atomic E-state index is 0.479. The molecule has 10 nitrogen and oxygen atoms in total. The van der Waals surface area contributed by atoms with Crippen molar-refractivity contribution < 1.29 is 34.9 Å². The van der Waals surface area contributed by atoms with E-state index in [1.165, 1.54) is 45.2 Å². The Labute approximate surface area is 211 Å². The number of hydrogen-bond donors (Lipinski definition) is 0. The molecule has 2 aliphatic heterocycles. The van der Waals surface area contributed by atoms with Crippen LogP contribution < -0.4 is 0 Å². The second-order valence-electron chi connectivity index (χ2n) is 8.31. The molecule has 0 saturated carbocycles. The van der Waals surface area contributed by atoms with Crippen LogP contribution >= 0.6 is 0 Å². The molecule has 0 amide bonds. The van der Waals surface area contributed by atoms with E-state index < -0.39 is 31.7 Å². The van der Waals surface area contributed by atoms with Crippen molar-refractivity contribution in [1.29, 1.82) is 0 Å². The molecule has 12 heteroatoms. The fourth-order valence-electron chi connectivity index (χ4n) is 3.37. The molecule has 0 N–H and O–H groups in total. The van der Waals surface area contributed by atoms with Crippen LogP contribution in [0.5, 0.6) is 0 Å². The zero-order valence-electron chi connectivity index (χ0n) is 20.9. The Kier molecular flexibility index (Phi) is 15.7. The number of quaternary nitrogens is 2. The molecule has 2 atom stereocenters. The summed E-state index contributed by atoms with van der Waals surface area (Å²) in [6.45, 7) is 15.3. The summed E-state index contributed by atoms with van der Waals surface area (Å²) in [5, 5.41) is 0. The maximum Gasteiger partial charge on any atom is 0.194 e. The van der Waals surface area contributed by atoms with Crippen LogP contribution in [0.4, 0.5) is 0 Å². The SMILES string of the molecule is C=CCS(=O)(=O)[O-].C=CCS(=O)(=O)[O-].CCCC[N+]1(CCC[N+]2(CCCC)C=CN=C2)C=CN=C1. The summed E-state index contributed by atoms with van der Waals surface area (Å²) >= 11 is 0. The van der Waals surface area contributed by atoms with Gasteiger partial charge in [0.25, 0.3) is 0 Å². The standard InChI is InChI=1S/C17H30N4.2C3H6O3S/c1-3-5-10-20(14-8-18-16-20)12-7-13-21(11-6-4-2)15-9-19-17-21;2*1-2-3-7(4,5)6/h8-9,14-17H,3-7,10-13H2,1-2H3;2*2H,1,3H2,(H,4,5,6)/q+2;;/p-2. The molecule has 2 heterocycles. The molecule has 0 bridgehead atoms. The lowest BCUT2D eigenvalue weighted by Gasteiger charge is -2.31. The van der Waals surface area contributed by atoms with Gasteiger partial charge in [-0.25, -0.2) is 26.8 Å². The third-order valence-corrected chi connectivity index (χ3v) is 6.43. The van der Waals surface area contributed by atoms with E-state index >= 15 is 0 Å². The van der Waals surface area contributed by atoms with Gasteiger partial charge in [-0.15, -0.1) is 13.2 Å². The van der Waals surface area contributed by atoms with E-state index in [9.17, 15) is 25.9 Å². The molecule has 200 valence electrons. The van der Waals surface area contributed by atoms with Crippen LogP contribution in [-0.4, -0.2) is 85.3 Å². The maximum absolute atomic E-state index is 9.60. The van der Waals surface area contributed by atoms with Gasteiger partial charge in [0.2, 0.25) is 0 Å². The summed E-state index contributed by atoms with van der Waals surface area (Å²) in [5.41, 5.74) is 0. The Morgan fingerprint density at radius 1 is 0.714 bits per heavy atom. The lowest BCUT2D eigenvalue weighted by molar-refractivity contribution is -0.801. The Hall–Kier alpha value is -1.96. The summed E-state index contributed by atoms with van der Waals surface area (Å²) in [7, 11) is -8.08. The van der Waals surface area contributed by atoms with E-state index in [-0.39, 0.29) is 0 Å². The minimum Gasteiger partial charge on any atom is -0.748 e. The van der Waals surface area contributed by atoms with Crippen molar-refractivity contribution in [3.8, 4) is 0 Å². The smallest absolute Gasteiger partial charge is 0.194 e. The van der Waals surface area contributed by atoms with Crippen molar-refractivity contribution in [3.63, 3.8) is 0 Å². The molecular formula is C23H40N4O6S2. The predicted octanol–water partition coefficient (Wildman–Crippen LogP) is 3.07. The average Bonchev–Trinajstić information content (AvgIpc) is 3.41. The molecule has 2 aliphatic rings. The highest BCUT2D eigenvalue weighted by molar-refractivity contribution is 7.86. The van der Waals surface area contributed by atoms with Gasteiger partial charge < -0.3 is 9.11 Å². The van der Waals surface area contributed by atoms with Crippen LogP contribution in [0.25, 0.3) is 0 Å². The fourth-order valence-corrected chi connectivity index (χ4v) is 3.95. The lowest BCUT2D eigenvalue weighted by atomic mass is 10.2. The second kappa shape index (κ2) is 16.7. The molecule has 0 fully saturated rings. The van der Waals surface area contributed by atoms with Crippen LogP contribution in [0.3, 0.4) is 0 Å². The third kappa shape index (κ3) is 16.4. The van der Waals surface area contributed by atoms with Crippen molar-refractivity contribution in [2.75, 3.05) is 37.7 Å². The van der Waals surface area contributed by atoms with E-state index in [1.54, 1.807) is 0 Å². The van der Waals surface area contributed by atoms with Crippen LogP contribution in [0.1, 0.15) is 46.0 Å². The van der Waals surface area contributed by atoms with E-state index in [4.69, 9.17) is 0 Å². The van der Waals surface area contributed by atoms with Crippen LogP contribution in [0.2, 0.25) is 0 Å². The number of rotatable bonds is 14. The fraction of sp³-hybridized carbons (Fsp3) is 0.565.